The molecule has 1 aromatic rings. The van der Waals surface area contributed by atoms with Crippen LogP contribution in [0.2, 0.25) is 0 Å². The highest BCUT2D eigenvalue weighted by Crippen LogP contribution is 2.34. The van der Waals surface area contributed by atoms with E-state index in [0.717, 1.165) is 12.1 Å². The average Bonchev–Trinajstić information content (AvgIpc) is 2.26. The molecular formula is C11H12F5N. The van der Waals surface area contributed by atoms with Crippen molar-refractivity contribution in [2.45, 2.75) is 25.6 Å². The summed E-state index contributed by atoms with van der Waals surface area (Å²) >= 11 is 0. The van der Waals surface area contributed by atoms with E-state index in [1.54, 1.807) is 14.0 Å². The van der Waals surface area contributed by atoms with E-state index in [2.05, 4.69) is 5.32 Å². The quantitative estimate of drug-likeness (QED) is 0.805. The van der Waals surface area contributed by atoms with Gasteiger partial charge in [-0.05, 0) is 37.7 Å². The second-order valence-corrected chi connectivity index (χ2v) is 3.70. The first-order valence-corrected chi connectivity index (χ1v) is 4.93. The van der Waals surface area contributed by atoms with Gasteiger partial charge in [-0.3, -0.25) is 0 Å². The molecule has 96 valence electrons. The predicted octanol–water partition coefficient (Wildman–Crippen LogP) is 3.92. The molecule has 0 bridgehead atoms. The van der Waals surface area contributed by atoms with Crippen molar-refractivity contribution in [1.82, 2.24) is 5.32 Å². The molecule has 0 aliphatic rings. The maximum absolute atomic E-state index is 12.5. The third-order valence-electron chi connectivity index (χ3n) is 2.49. The predicted molar refractivity (Wildman–Crippen MR) is 53.9 cm³/mol. The molecule has 1 unspecified atom stereocenters. The highest BCUT2D eigenvalue weighted by Gasteiger charge is 2.32. The fourth-order valence-electron chi connectivity index (χ4n) is 1.38. The monoisotopic (exact) mass is 253 g/mol. The third kappa shape index (κ3) is 3.39. The van der Waals surface area contributed by atoms with Gasteiger partial charge in [0.25, 0.3) is 6.43 Å². The lowest BCUT2D eigenvalue weighted by atomic mass is 10.0. The SMILES string of the molecule is CNC(C)c1cc(C(F)F)cc(C(F)(F)F)c1. The Kier molecular flexibility index (Phi) is 4.08. The van der Waals surface area contributed by atoms with Gasteiger partial charge in [-0.2, -0.15) is 13.2 Å². The number of halogens is 5. The summed E-state index contributed by atoms with van der Waals surface area (Å²) in [5.74, 6) is 0. The molecule has 1 nitrogen and oxygen atoms in total. The van der Waals surface area contributed by atoms with Gasteiger partial charge in [-0.1, -0.05) is 0 Å². The third-order valence-corrected chi connectivity index (χ3v) is 2.49. The van der Waals surface area contributed by atoms with Gasteiger partial charge < -0.3 is 5.32 Å². The normalized spacial score (nSPS) is 14.1. The van der Waals surface area contributed by atoms with Crippen LogP contribution in [0.15, 0.2) is 18.2 Å². The van der Waals surface area contributed by atoms with Crippen LogP contribution < -0.4 is 5.32 Å². The minimum atomic E-state index is -4.62. The Morgan fingerprint density at radius 2 is 1.59 bits per heavy atom. The summed E-state index contributed by atoms with van der Waals surface area (Å²) in [6.45, 7) is 1.60. The van der Waals surface area contributed by atoms with Crippen LogP contribution in [-0.2, 0) is 6.18 Å². The average molecular weight is 253 g/mol. The second-order valence-electron chi connectivity index (χ2n) is 3.70. The number of hydrogen-bond donors (Lipinski definition) is 1. The van der Waals surface area contributed by atoms with Gasteiger partial charge in [0, 0.05) is 11.6 Å². The summed E-state index contributed by atoms with van der Waals surface area (Å²) < 4.78 is 62.5. The van der Waals surface area contributed by atoms with E-state index in [1.807, 2.05) is 0 Å². The summed E-state index contributed by atoms with van der Waals surface area (Å²) in [5.41, 5.74) is -1.47. The van der Waals surface area contributed by atoms with Crippen molar-refractivity contribution < 1.29 is 22.0 Å². The van der Waals surface area contributed by atoms with Crippen LogP contribution in [0.4, 0.5) is 22.0 Å². The first-order chi connectivity index (χ1) is 7.75. The fourth-order valence-corrected chi connectivity index (χ4v) is 1.38. The highest BCUT2D eigenvalue weighted by molar-refractivity contribution is 5.34. The van der Waals surface area contributed by atoms with Crippen LogP contribution in [0, 0.1) is 0 Å². The highest BCUT2D eigenvalue weighted by atomic mass is 19.4. The number of nitrogens with one attached hydrogen (secondary N) is 1. The molecular weight excluding hydrogens is 241 g/mol. The molecule has 0 heterocycles. The number of rotatable bonds is 3. The lowest BCUT2D eigenvalue weighted by Gasteiger charge is -2.16. The van der Waals surface area contributed by atoms with Crippen molar-refractivity contribution in [2.24, 2.45) is 0 Å². The Hall–Kier alpha value is -1.17. The Balaban J connectivity index is 3.29. The van der Waals surface area contributed by atoms with Crippen molar-refractivity contribution >= 4 is 0 Å². The Bertz CT molecular complexity index is 386. The zero-order valence-corrected chi connectivity index (χ0v) is 9.28. The van der Waals surface area contributed by atoms with Crippen LogP contribution in [0.5, 0.6) is 0 Å². The van der Waals surface area contributed by atoms with Gasteiger partial charge in [0.05, 0.1) is 5.56 Å². The van der Waals surface area contributed by atoms with Gasteiger partial charge >= 0.3 is 6.18 Å². The molecule has 1 N–H and O–H groups in total. The number of hydrogen-bond acceptors (Lipinski definition) is 1. The standard InChI is InChI=1S/C11H12F5N/c1-6(17-2)7-3-8(10(12)13)5-9(4-7)11(14,15)16/h3-6,10,17H,1-2H3. The van der Waals surface area contributed by atoms with Crippen LogP contribution in [-0.4, -0.2) is 7.05 Å². The van der Waals surface area contributed by atoms with Crippen molar-refractivity contribution in [2.75, 3.05) is 7.05 Å². The zero-order chi connectivity index (χ0) is 13.2. The minimum Gasteiger partial charge on any atom is -0.313 e. The molecule has 0 amide bonds. The van der Waals surface area contributed by atoms with E-state index in [9.17, 15) is 22.0 Å². The maximum atomic E-state index is 12.5. The largest absolute Gasteiger partial charge is 0.416 e. The van der Waals surface area contributed by atoms with E-state index in [4.69, 9.17) is 0 Å². The molecule has 1 atom stereocenters. The van der Waals surface area contributed by atoms with Crippen LogP contribution >= 0.6 is 0 Å². The first-order valence-electron chi connectivity index (χ1n) is 4.93. The number of benzene rings is 1. The van der Waals surface area contributed by atoms with Gasteiger partial charge in [0.1, 0.15) is 0 Å². The Morgan fingerprint density at radius 3 is 2.00 bits per heavy atom. The van der Waals surface area contributed by atoms with E-state index < -0.39 is 29.8 Å². The van der Waals surface area contributed by atoms with Crippen LogP contribution in [0.25, 0.3) is 0 Å². The van der Waals surface area contributed by atoms with Gasteiger partial charge in [-0.15, -0.1) is 0 Å². The van der Waals surface area contributed by atoms with Crippen LogP contribution in [0.1, 0.15) is 36.1 Å². The minimum absolute atomic E-state index is 0.192. The van der Waals surface area contributed by atoms with E-state index >= 15 is 0 Å². The molecule has 6 heteroatoms. The maximum Gasteiger partial charge on any atom is 0.416 e. The Morgan fingerprint density at radius 1 is 1.06 bits per heavy atom. The molecule has 1 aromatic carbocycles. The lowest BCUT2D eigenvalue weighted by molar-refractivity contribution is -0.137. The topological polar surface area (TPSA) is 12.0 Å². The van der Waals surface area contributed by atoms with Crippen molar-refractivity contribution in [3.8, 4) is 0 Å². The molecule has 0 aliphatic carbocycles. The summed E-state index contributed by atoms with van der Waals surface area (Å²) in [7, 11) is 1.55. The molecule has 0 spiro atoms. The van der Waals surface area contributed by atoms with E-state index in [0.29, 0.717) is 6.07 Å². The second kappa shape index (κ2) is 5.00. The summed E-state index contributed by atoms with van der Waals surface area (Å²) in [5, 5.41) is 2.71. The molecule has 0 saturated carbocycles. The lowest BCUT2D eigenvalue weighted by Crippen LogP contribution is -2.15. The van der Waals surface area contributed by atoms with Crippen LogP contribution in [0.3, 0.4) is 0 Å². The molecule has 0 aliphatic heterocycles. The molecule has 0 radical (unpaired) electrons. The van der Waals surface area contributed by atoms with Gasteiger partial charge in [0.2, 0.25) is 0 Å². The van der Waals surface area contributed by atoms with Gasteiger partial charge in [-0.25, -0.2) is 8.78 Å². The molecule has 0 saturated heterocycles. The summed E-state index contributed by atoms with van der Waals surface area (Å²) in [6, 6.07) is 2.03. The molecule has 17 heavy (non-hydrogen) atoms. The summed E-state index contributed by atoms with van der Waals surface area (Å²) in [6.07, 6.45) is -7.53. The van der Waals surface area contributed by atoms with E-state index in [-0.39, 0.29) is 5.56 Å². The number of alkyl halides is 5. The first kappa shape index (κ1) is 13.9. The fraction of sp³-hybridized carbons (Fsp3) is 0.455. The smallest absolute Gasteiger partial charge is 0.313 e. The molecule has 1 rings (SSSR count). The Labute approximate surface area is 95.6 Å². The molecule has 0 fully saturated rings. The van der Waals surface area contributed by atoms with Crippen molar-refractivity contribution in [3.63, 3.8) is 0 Å². The summed E-state index contributed by atoms with van der Waals surface area (Å²) in [4.78, 5) is 0. The van der Waals surface area contributed by atoms with Crippen molar-refractivity contribution in [1.29, 1.82) is 0 Å². The van der Waals surface area contributed by atoms with Gasteiger partial charge in [0.15, 0.2) is 0 Å². The molecule has 0 aromatic heterocycles. The van der Waals surface area contributed by atoms with Crippen molar-refractivity contribution in [3.05, 3.63) is 34.9 Å². The van der Waals surface area contributed by atoms with E-state index in [1.165, 1.54) is 0 Å². The zero-order valence-electron chi connectivity index (χ0n) is 9.28.